The van der Waals surface area contributed by atoms with Crippen LogP contribution in [0.4, 0.5) is 0 Å². The van der Waals surface area contributed by atoms with Gasteiger partial charge in [0.05, 0.1) is 12.2 Å². The maximum absolute atomic E-state index is 13.8. The predicted molar refractivity (Wildman–Crippen MR) is 117 cm³/mol. The zero-order chi connectivity index (χ0) is 24.4. The first-order valence-corrected chi connectivity index (χ1v) is 12.0. The Morgan fingerprint density at radius 2 is 1.73 bits per heavy atom. The van der Waals surface area contributed by atoms with Crippen molar-refractivity contribution in [2.45, 2.75) is 109 Å². The summed E-state index contributed by atoms with van der Waals surface area (Å²) in [5.74, 6) is -1.07. The molecule has 0 N–H and O–H groups in total. The third-order valence-electron chi connectivity index (χ3n) is 9.35. The molecule has 8 heteroatoms. The first-order chi connectivity index (χ1) is 15.3. The Kier molecular flexibility index (Phi) is 5.78. The van der Waals surface area contributed by atoms with Gasteiger partial charge in [0, 0.05) is 44.6 Å². The Bertz CT molecular complexity index is 853. The quantitative estimate of drug-likeness (QED) is 0.584. The highest BCUT2D eigenvalue weighted by molar-refractivity contribution is 5.92. The van der Waals surface area contributed by atoms with Gasteiger partial charge in [-0.2, -0.15) is 0 Å². The summed E-state index contributed by atoms with van der Waals surface area (Å²) in [6, 6.07) is 0. The number of methoxy groups -OCH3 is 1. The lowest BCUT2D eigenvalue weighted by Crippen LogP contribution is -2.75. The van der Waals surface area contributed by atoms with E-state index in [1.54, 1.807) is 14.0 Å². The Balaban J connectivity index is 1.81. The summed E-state index contributed by atoms with van der Waals surface area (Å²) in [6.07, 6.45) is 2.75. The summed E-state index contributed by atoms with van der Waals surface area (Å²) in [7, 11) is 1.61. The molecule has 4 aliphatic rings. The van der Waals surface area contributed by atoms with E-state index in [2.05, 4.69) is 20.8 Å². The molecular formula is C25H38O8. The van der Waals surface area contributed by atoms with Crippen molar-refractivity contribution in [2.75, 3.05) is 13.7 Å². The zero-order valence-corrected chi connectivity index (χ0v) is 20.9. The molecule has 0 bridgehead atoms. The number of carbonyl (C=O) groups is 3. The van der Waals surface area contributed by atoms with E-state index in [1.807, 2.05) is 0 Å². The Morgan fingerprint density at radius 3 is 2.30 bits per heavy atom. The fraction of sp³-hybridized carbons (Fsp3) is 0.880. The standard InChI is InChI=1S/C25H38O8/c1-15(26)31-19-8-9-22(5)17(21(19,3)4)12-18(28)23(6,32-16(2)27)25(22)11-10-24(33-25)13-20(29-7)30-14-24/h17,19-20H,8-14H2,1-7H3/t17-,19+,20+,22-,23-,24-,25-/m0/s1. The summed E-state index contributed by atoms with van der Waals surface area (Å²) in [6.45, 7) is 11.2. The van der Waals surface area contributed by atoms with Gasteiger partial charge in [-0.15, -0.1) is 0 Å². The van der Waals surface area contributed by atoms with Crippen molar-refractivity contribution in [1.82, 2.24) is 0 Å². The van der Waals surface area contributed by atoms with Crippen molar-refractivity contribution < 1.29 is 38.1 Å². The van der Waals surface area contributed by atoms with E-state index < -0.39 is 33.6 Å². The van der Waals surface area contributed by atoms with Gasteiger partial charge in [0.25, 0.3) is 0 Å². The molecule has 4 fully saturated rings. The topological polar surface area (TPSA) is 97.4 Å². The van der Waals surface area contributed by atoms with E-state index in [1.165, 1.54) is 13.8 Å². The molecule has 0 aromatic heterocycles. The largest absolute Gasteiger partial charge is 0.462 e. The highest BCUT2D eigenvalue weighted by Crippen LogP contribution is 2.69. The molecule has 2 aliphatic heterocycles. The van der Waals surface area contributed by atoms with Gasteiger partial charge in [-0.3, -0.25) is 14.4 Å². The number of fused-ring (bicyclic) bond motifs is 2. The van der Waals surface area contributed by atoms with Crippen LogP contribution in [0.15, 0.2) is 0 Å². The molecule has 2 saturated carbocycles. The molecule has 186 valence electrons. The lowest BCUT2D eigenvalue weighted by Gasteiger charge is -2.66. The second-order valence-corrected chi connectivity index (χ2v) is 11.5. The van der Waals surface area contributed by atoms with Crippen molar-refractivity contribution in [3.8, 4) is 0 Å². The molecule has 0 aromatic carbocycles. The van der Waals surface area contributed by atoms with Crippen molar-refractivity contribution in [2.24, 2.45) is 16.7 Å². The highest BCUT2D eigenvalue weighted by Gasteiger charge is 2.77. The molecule has 2 saturated heterocycles. The summed E-state index contributed by atoms with van der Waals surface area (Å²) < 4.78 is 29.9. The molecule has 0 unspecified atom stereocenters. The lowest BCUT2D eigenvalue weighted by molar-refractivity contribution is -0.294. The number of ketones is 1. The molecule has 2 spiro atoms. The highest BCUT2D eigenvalue weighted by atomic mass is 16.7. The summed E-state index contributed by atoms with van der Waals surface area (Å²) in [5.41, 5.74) is -3.97. The Hall–Kier alpha value is -1.51. The normalized spacial score (nSPS) is 46.4. The minimum absolute atomic E-state index is 0.116. The zero-order valence-electron chi connectivity index (χ0n) is 20.9. The van der Waals surface area contributed by atoms with Crippen LogP contribution in [-0.4, -0.2) is 60.6 Å². The molecule has 7 atom stereocenters. The second kappa shape index (κ2) is 7.75. The minimum Gasteiger partial charge on any atom is -0.462 e. The van der Waals surface area contributed by atoms with E-state index in [4.69, 9.17) is 23.7 Å². The second-order valence-electron chi connectivity index (χ2n) is 11.5. The smallest absolute Gasteiger partial charge is 0.303 e. The predicted octanol–water partition coefficient (Wildman–Crippen LogP) is 3.34. The summed E-state index contributed by atoms with van der Waals surface area (Å²) in [4.78, 5) is 37.9. The number of Topliss-reactive ketones (excluding diaryl/α,β-unsaturated/α-hetero) is 1. The van der Waals surface area contributed by atoms with Crippen molar-refractivity contribution in [1.29, 1.82) is 0 Å². The Morgan fingerprint density at radius 1 is 1.03 bits per heavy atom. The van der Waals surface area contributed by atoms with E-state index >= 15 is 0 Å². The van der Waals surface area contributed by atoms with Gasteiger partial charge in [0.2, 0.25) is 0 Å². The molecule has 2 aliphatic carbocycles. The average molecular weight is 467 g/mol. The molecule has 33 heavy (non-hydrogen) atoms. The van der Waals surface area contributed by atoms with Crippen LogP contribution in [0.5, 0.6) is 0 Å². The number of hydrogen-bond acceptors (Lipinski definition) is 8. The van der Waals surface area contributed by atoms with Crippen molar-refractivity contribution >= 4 is 17.7 Å². The molecule has 0 aromatic rings. The molecule has 2 heterocycles. The average Bonchev–Trinajstić information content (AvgIpc) is 3.31. The monoisotopic (exact) mass is 466 g/mol. The summed E-state index contributed by atoms with van der Waals surface area (Å²) >= 11 is 0. The minimum atomic E-state index is -1.41. The molecular weight excluding hydrogens is 428 g/mol. The van der Waals surface area contributed by atoms with Gasteiger partial charge in [-0.1, -0.05) is 20.8 Å². The van der Waals surface area contributed by atoms with Gasteiger partial charge in [-0.25, -0.2) is 0 Å². The van der Waals surface area contributed by atoms with Gasteiger partial charge >= 0.3 is 11.9 Å². The summed E-state index contributed by atoms with van der Waals surface area (Å²) in [5, 5.41) is 0. The molecule has 8 nitrogen and oxygen atoms in total. The van der Waals surface area contributed by atoms with Crippen molar-refractivity contribution in [3.63, 3.8) is 0 Å². The van der Waals surface area contributed by atoms with Crippen LogP contribution in [0.1, 0.15) is 80.1 Å². The van der Waals surface area contributed by atoms with Crippen LogP contribution in [0.25, 0.3) is 0 Å². The third-order valence-corrected chi connectivity index (χ3v) is 9.35. The number of esters is 2. The van der Waals surface area contributed by atoms with Gasteiger partial charge < -0.3 is 23.7 Å². The van der Waals surface area contributed by atoms with Gasteiger partial charge in [-0.05, 0) is 38.5 Å². The number of carbonyl (C=O) groups excluding carboxylic acids is 3. The fourth-order valence-corrected chi connectivity index (χ4v) is 7.66. The van der Waals surface area contributed by atoms with E-state index in [0.29, 0.717) is 38.7 Å². The fourth-order valence-electron chi connectivity index (χ4n) is 7.66. The van der Waals surface area contributed by atoms with Crippen molar-refractivity contribution in [3.05, 3.63) is 0 Å². The van der Waals surface area contributed by atoms with Crippen LogP contribution in [-0.2, 0) is 38.1 Å². The van der Waals surface area contributed by atoms with E-state index in [9.17, 15) is 14.4 Å². The first kappa shape index (κ1) is 24.6. The van der Waals surface area contributed by atoms with Crippen LogP contribution < -0.4 is 0 Å². The van der Waals surface area contributed by atoms with E-state index in [0.717, 1.165) is 0 Å². The Labute approximate surface area is 196 Å². The third kappa shape index (κ3) is 3.39. The van der Waals surface area contributed by atoms with Gasteiger partial charge in [0.1, 0.15) is 11.7 Å². The van der Waals surface area contributed by atoms with Crippen LogP contribution in [0.2, 0.25) is 0 Å². The lowest BCUT2D eigenvalue weighted by atomic mass is 9.42. The molecule has 0 radical (unpaired) electrons. The maximum atomic E-state index is 13.8. The first-order valence-electron chi connectivity index (χ1n) is 12.0. The SMILES string of the molecule is CO[C@H]1C[C@@]2(CC[C@@]3(O2)[C@@](C)(OC(C)=O)C(=O)C[C@H]2C(C)(C)[C@H](OC(C)=O)CC[C@@]23C)CO1. The molecule has 0 amide bonds. The van der Waals surface area contributed by atoms with Crippen LogP contribution in [0, 0.1) is 16.7 Å². The van der Waals surface area contributed by atoms with E-state index in [-0.39, 0.29) is 36.5 Å². The van der Waals surface area contributed by atoms with Gasteiger partial charge in [0.15, 0.2) is 17.7 Å². The van der Waals surface area contributed by atoms with Crippen LogP contribution >= 0.6 is 0 Å². The van der Waals surface area contributed by atoms with Crippen LogP contribution in [0.3, 0.4) is 0 Å². The number of hydrogen-bond donors (Lipinski definition) is 0. The number of rotatable bonds is 3. The molecule has 4 rings (SSSR count). The maximum Gasteiger partial charge on any atom is 0.303 e. The number of ether oxygens (including phenoxy) is 5.